The molecule has 0 N–H and O–H groups in total. The van der Waals surface area contributed by atoms with E-state index in [0.717, 1.165) is 10.8 Å². The van der Waals surface area contributed by atoms with Crippen LogP contribution in [-0.4, -0.2) is 18.9 Å². The van der Waals surface area contributed by atoms with Crippen LogP contribution in [0.2, 0.25) is 0 Å². The zero-order valence-corrected chi connectivity index (χ0v) is 8.47. The Morgan fingerprint density at radius 3 is 1.73 bits per heavy atom. The third-order valence-corrected chi connectivity index (χ3v) is 5.16. The minimum absolute atomic E-state index is 0. The van der Waals surface area contributed by atoms with Crippen molar-refractivity contribution in [2.24, 2.45) is 0 Å². The third-order valence-electron chi connectivity index (χ3n) is 0.731. The Labute approximate surface area is 74.1 Å². The Kier molecular flexibility index (Phi) is 5.49. The molecule has 0 bridgehead atoms. The molecule has 0 aromatic carbocycles. The lowest BCUT2D eigenvalue weighted by molar-refractivity contribution is 0.610. The van der Waals surface area contributed by atoms with Gasteiger partial charge in [-0.2, -0.15) is 0 Å². The molecule has 0 heterocycles. The van der Waals surface area contributed by atoms with Crippen LogP contribution in [0.15, 0.2) is 0 Å². The van der Waals surface area contributed by atoms with Gasteiger partial charge in [-0.1, -0.05) is 14.4 Å². The van der Waals surface area contributed by atoms with E-state index in [1.165, 1.54) is 0 Å². The Bertz CT molecular complexity index is 187. The van der Waals surface area contributed by atoms with Crippen molar-refractivity contribution in [3.05, 3.63) is 0 Å². The molecule has 0 saturated heterocycles. The van der Waals surface area contributed by atoms with E-state index in [1.807, 2.05) is 20.8 Å². The van der Waals surface area contributed by atoms with Crippen LogP contribution >= 0.6 is 10.8 Å². The lowest BCUT2D eigenvalue weighted by Gasteiger charge is -2.15. The molecule has 0 saturated carbocycles. The maximum Gasteiger partial charge on any atom is 0.201 e. The summed E-state index contributed by atoms with van der Waals surface area (Å²) in [4.78, 5) is 0. The molecule has 0 aliphatic carbocycles. The van der Waals surface area contributed by atoms with Crippen molar-refractivity contribution in [1.29, 1.82) is 0 Å². The normalized spacial score (nSPS) is 12.4. The second-order valence-corrected chi connectivity index (χ2v) is 8.15. The lowest BCUT2D eigenvalue weighted by Crippen LogP contribution is -2.13. The quantitative estimate of drug-likeness (QED) is 0.639. The van der Waals surface area contributed by atoms with Gasteiger partial charge < -0.3 is 0 Å². The zero-order chi connectivity index (χ0) is 8.41. The molecule has 11 heavy (non-hydrogen) atoms. The van der Waals surface area contributed by atoms with Gasteiger partial charge in [-0.3, -0.25) is 0 Å². The molecule has 0 unspecified atom stereocenters. The highest BCUT2D eigenvalue weighted by Crippen LogP contribution is 2.29. The first kappa shape index (κ1) is 13.9. The summed E-state index contributed by atoms with van der Waals surface area (Å²) in [7, 11) is -1.83. The lowest BCUT2D eigenvalue weighted by atomic mass is 10.3. The summed E-state index contributed by atoms with van der Waals surface area (Å²) >= 11 is 0. The Hall–Kier alpha value is 0.300. The average Bonchev–Trinajstić information content (AvgIpc) is 1.60. The first-order valence-electron chi connectivity index (χ1n) is 3.20. The molecule has 0 aromatic rings. The third kappa shape index (κ3) is 8.20. The summed E-state index contributed by atoms with van der Waals surface area (Å²) in [6, 6.07) is 0. The van der Waals surface area contributed by atoms with Gasteiger partial charge in [0.2, 0.25) is 8.87 Å². The predicted molar refractivity (Wildman–Crippen MR) is 53.5 cm³/mol. The molecule has 0 aliphatic rings. The highest BCUT2D eigenvalue weighted by Gasteiger charge is 2.20. The van der Waals surface area contributed by atoms with Gasteiger partial charge in [-0.15, -0.1) is 0 Å². The fraction of sp³-hybridized carbons (Fsp3) is 1.00. The topological polar surface area (TPSA) is 34.1 Å². The fourth-order valence-electron chi connectivity index (χ4n) is 0.440. The molecule has 0 fully saturated rings. The van der Waals surface area contributed by atoms with Crippen molar-refractivity contribution < 1.29 is 8.42 Å². The first-order valence-corrected chi connectivity index (χ1v) is 6.19. The molecule has 0 rings (SSSR count). The minimum Gasteiger partial charge on any atom is -0.217 e. The predicted octanol–water partition coefficient (Wildman–Crippen LogP) is 2.50. The molecule has 0 amide bonds. The Balaban J connectivity index is 0. The van der Waals surface area contributed by atoms with Crippen molar-refractivity contribution in [1.82, 2.24) is 0 Å². The van der Waals surface area contributed by atoms with Crippen LogP contribution in [0.25, 0.3) is 0 Å². The maximum absolute atomic E-state index is 11.0. The van der Waals surface area contributed by atoms with E-state index in [-0.39, 0.29) is 17.9 Å². The van der Waals surface area contributed by atoms with Crippen molar-refractivity contribution in [3.63, 3.8) is 0 Å². The van der Waals surface area contributed by atoms with Gasteiger partial charge in [0, 0.05) is 4.75 Å². The largest absolute Gasteiger partial charge is 0.217 e. The molecule has 70 valence electrons. The summed E-state index contributed by atoms with van der Waals surface area (Å²) in [6.07, 6.45) is 0. The van der Waals surface area contributed by atoms with E-state index in [9.17, 15) is 8.42 Å². The van der Waals surface area contributed by atoms with Gasteiger partial charge in [-0.05, 0) is 31.6 Å². The zero-order valence-electron chi connectivity index (χ0n) is 6.84. The van der Waals surface area contributed by atoms with Gasteiger partial charge >= 0.3 is 0 Å². The van der Waals surface area contributed by atoms with Gasteiger partial charge in [-0.25, -0.2) is 8.42 Å². The van der Waals surface area contributed by atoms with Crippen LogP contribution in [0.5, 0.6) is 0 Å². The van der Waals surface area contributed by atoms with Crippen LogP contribution in [-0.2, 0) is 8.87 Å². The van der Waals surface area contributed by atoms with Gasteiger partial charge in [0.15, 0.2) is 0 Å². The Morgan fingerprint density at radius 1 is 1.27 bits per heavy atom. The fourth-order valence-corrected chi connectivity index (χ4v) is 3.96. The number of rotatable bonds is 2. The standard InChI is InChI=1S/C6H14O2S2.CH4/c1-5-10(7,8)9-6(2,3)4;/h5H2,1-4H3;1H4. The Morgan fingerprint density at radius 2 is 1.64 bits per heavy atom. The van der Waals surface area contributed by atoms with E-state index < -0.39 is 8.87 Å². The molecule has 4 heteroatoms. The number of hydrogen-bond donors (Lipinski definition) is 0. The van der Waals surface area contributed by atoms with Crippen LogP contribution < -0.4 is 0 Å². The van der Waals surface area contributed by atoms with Gasteiger partial charge in [0.25, 0.3) is 0 Å². The van der Waals surface area contributed by atoms with E-state index in [0.29, 0.717) is 0 Å². The van der Waals surface area contributed by atoms with E-state index in [4.69, 9.17) is 0 Å². The van der Waals surface area contributed by atoms with Crippen LogP contribution in [0.1, 0.15) is 35.1 Å². The molecule has 0 radical (unpaired) electrons. The van der Waals surface area contributed by atoms with Crippen molar-refractivity contribution in [2.75, 3.05) is 5.75 Å². The van der Waals surface area contributed by atoms with Crippen LogP contribution in [0.4, 0.5) is 0 Å². The molecule has 0 aromatic heterocycles. The second kappa shape index (κ2) is 4.36. The van der Waals surface area contributed by atoms with Gasteiger partial charge in [0.05, 0.1) is 5.75 Å². The first-order chi connectivity index (χ1) is 4.27. The molecular weight excluding hydrogens is 180 g/mol. The van der Waals surface area contributed by atoms with Crippen molar-refractivity contribution >= 4 is 19.7 Å². The van der Waals surface area contributed by atoms with Gasteiger partial charge in [0.1, 0.15) is 0 Å². The molecule has 2 nitrogen and oxygen atoms in total. The van der Waals surface area contributed by atoms with E-state index >= 15 is 0 Å². The smallest absolute Gasteiger partial charge is 0.201 e. The number of hydrogen-bond acceptors (Lipinski definition) is 3. The summed E-state index contributed by atoms with van der Waals surface area (Å²) in [5.74, 6) is 0.217. The van der Waals surface area contributed by atoms with E-state index in [2.05, 4.69) is 0 Å². The molecule has 0 aliphatic heterocycles. The monoisotopic (exact) mass is 198 g/mol. The maximum atomic E-state index is 11.0. The SMILES string of the molecule is C.CCS(=O)(=O)SC(C)(C)C. The highest BCUT2D eigenvalue weighted by molar-refractivity contribution is 8.72. The van der Waals surface area contributed by atoms with Crippen molar-refractivity contribution in [3.8, 4) is 0 Å². The highest BCUT2D eigenvalue weighted by atomic mass is 33.1. The van der Waals surface area contributed by atoms with E-state index in [1.54, 1.807) is 6.92 Å². The summed E-state index contributed by atoms with van der Waals surface area (Å²) in [6.45, 7) is 7.34. The second-order valence-electron chi connectivity index (χ2n) is 3.04. The summed E-state index contributed by atoms with van der Waals surface area (Å²) in [5, 5.41) is 0. The van der Waals surface area contributed by atoms with Crippen LogP contribution in [0, 0.1) is 0 Å². The molecule has 0 atom stereocenters. The van der Waals surface area contributed by atoms with Crippen molar-refractivity contribution in [2.45, 2.75) is 39.9 Å². The summed E-state index contributed by atoms with van der Waals surface area (Å²) in [5.41, 5.74) is 0. The summed E-state index contributed by atoms with van der Waals surface area (Å²) < 4.78 is 21.8. The molecular formula is C7H18O2S2. The average molecular weight is 198 g/mol. The van der Waals surface area contributed by atoms with Crippen LogP contribution in [0.3, 0.4) is 0 Å². The minimum atomic E-state index is -2.86. The molecule has 0 spiro atoms.